The van der Waals surface area contributed by atoms with Crippen molar-refractivity contribution in [2.75, 3.05) is 0 Å². The fourth-order valence-electron chi connectivity index (χ4n) is 2.03. The molecule has 2 heteroatoms. The second kappa shape index (κ2) is 3.39. The van der Waals surface area contributed by atoms with Crippen LogP contribution >= 0.6 is 0 Å². The van der Waals surface area contributed by atoms with Gasteiger partial charge >= 0.3 is 0 Å². The van der Waals surface area contributed by atoms with E-state index in [0.29, 0.717) is 6.04 Å². The van der Waals surface area contributed by atoms with Gasteiger partial charge in [0, 0.05) is 11.1 Å². The van der Waals surface area contributed by atoms with Gasteiger partial charge in [0.05, 0.1) is 11.8 Å². The summed E-state index contributed by atoms with van der Waals surface area (Å²) in [6.45, 7) is 0. The van der Waals surface area contributed by atoms with E-state index in [-0.39, 0.29) is 0 Å². The molecule has 0 amide bonds. The molecule has 0 spiro atoms. The third-order valence-electron chi connectivity index (χ3n) is 2.81. The number of benzene rings is 1. The first-order valence-corrected chi connectivity index (χ1v) is 5.21. The number of rotatable bonds is 1. The molecule has 74 valence electrons. The third-order valence-corrected chi connectivity index (χ3v) is 2.81. The van der Waals surface area contributed by atoms with E-state index in [4.69, 9.17) is 0 Å². The average molecular weight is 196 g/mol. The van der Waals surface area contributed by atoms with E-state index in [1.807, 2.05) is 18.2 Å². The number of hydrogen-bond donors (Lipinski definition) is 1. The topological polar surface area (TPSA) is 24.4 Å². The lowest BCUT2D eigenvalue weighted by molar-refractivity contribution is 0.643. The Morgan fingerprint density at radius 2 is 2.07 bits per heavy atom. The minimum absolute atomic E-state index is 0.380. The Morgan fingerprint density at radius 1 is 1.20 bits per heavy atom. The van der Waals surface area contributed by atoms with Crippen molar-refractivity contribution in [1.82, 2.24) is 5.43 Å². The normalized spacial score (nSPS) is 22.8. The minimum atomic E-state index is 0.380. The van der Waals surface area contributed by atoms with Gasteiger partial charge in [-0.1, -0.05) is 48.6 Å². The molecule has 1 unspecified atom stereocenters. The molecule has 0 saturated carbocycles. The van der Waals surface area contributed by atoms with Crippen LogP contribution in [0.5, 0.6) is 0 Å². The van der Waals surface area contributed by atoms with Crippen molar-refractivity contribution >= 4 is 5.71 Å². The summed E-state index contributed by atoms with van der Waals surface area (Å²) in [6.07, 6.45) is 7.47. The van der Waals surface area contributed by atoms with Gasteiger partial charge in [-0.25, -0.2) is 0 Å². The maximum absolute atomic E-state index is 4.41. The van der Waals surface area contributed by atoms with Crippen LogP contribution in [0.15, 0.2) is 59.2 Å². The van der Waals surface area contributed by atoms with Crippen molar-refractivity contribution in [3.8, 4) is 0 Å². The molecule has 1 N–H and O–H groups in total. The Morgan fingerprint density at radius 3 is 2.93 bits per heavy atom. The first kappa shape index (κ1) is 8.48. The first-order chi connectivity index (χ1) is 7.45. The summed E-state index contributed by atoms with van der Waals surface area (Å²) in [6, 6.07) is 10.7. The molecule has 1 aromatic rings. The van der Waals surface area contributed by atoms with Crippen LogP contribution in [-0.2, 0) is 0 Å². The number of fused-ring (bicyclic) bond motifs is 1. The van der Waals surface area contributed by atoms with Crippen molar-refractivity contribution in [3.63, 3.8) is 0 Å². The van der Waals surface area contributed by atoms with Crippen LogP contribution in [0.3, 0.4) is 0 Å². The molecule has 0 radical (unpaired) electrons. The fourth-order valence-corrected chi connectivity index (χ4v) is 2.03. The van der Waals surface area contributed by atoms with Gasteiger partial charge in [0.2, 0.25) is 0 Å². The van der Waals surface area contributed by atoms with Gasteiger partial charge in [-0.3, -0.25) is 0 Å². The summed E-state index contributed by atoms with van der Waals surface area (Å²) in [7, 11) is 0. The third kappa shape index (κ3) is 1.38. The highest BCUT2D eigenvalue weighted by molar-refractivity contribution is 6.14. The summed E-state index contributed by atoms with van der Waals surface area (Å²) in [5.41, 5.74) is 6.76. The van der Waals surface area contributed by atoms with Crippen LogP contribution in [-0.4, -0.2) is 11.8 Å². The Kier molecular flexibility index (Phi) is 1.91. The lowest BCUT2D eigenvalue weighted by Crippen LogP contribution is -2.22. The average Bonchev–Trinajstić information content (AvgIpc) is 2.74. The van der Waals surface area contributed by atoms with Crippen molar-refractivity contribution < 1.29 is 0 Å². The highest BCUT2D eigenvalue weighted by atomic mass is 15.3. The molecule has 15 heavy (non-hydrogen) atoms. The van der Waals surface area contributed by atoms with E-state index in [0.717, 1.165) is 12.1 Å². The van der Waals surface area contributed by atoms with E-state index in [1.54, 1.807) is 0 Å². The summed E-state index contributed by atoms with van der Waals surface area (Å²) in [5.74, 6) is 0. The molecule has 0 bridgehead atoms. The van der Waals surface area contributed by atoms with Crippen molar-refractivity contribution in [2.45, 2.75) is 12.5 Å². The molecule has 3 rings (SSSR count). The summed E-state index contributed by atoms with van der Waals surface area (Å²) >= 11 is 0. The standard InChI is InChI=1S/C13H12N2/c1-2-6-10(7-3-1)13-11-8-4-5-9-12(11)14-15-13/h1-8,12,14H,9H2. The van der Waals surface area contributed by atoms with Crippen LogP contribution in [0.25, 0.3) is 0 Å². The van der Waals surface area contributed by atoms with Crippen LogP contribution in [0.4, 0.5) is 0 Å². The molecule has 0 aromatic heterocycles. The van der Waals surface area contributed by atoms with E-state index >= 15 is 0 Å². The van der Waals surface area contributed by atoms with Crippen LogP contribution in [0.2, 0.25) is 0 Å². The monoisotopic (exact) mass is 196 g/mol. The molecular weight excluding hydrogens is 184 g/mol. The van der Waals surface area contributed by atoms with Gasteiger partial charge in [-0.05, 0) is 6.42 Å². The lowest BCUT2D eigenvalue weighted by atomic mass is 9.93. The maximum Gasteiger partial charge on any atom is 0.0955 e. The number of hydrazone groups is 1. The quantitative estimate of drug-likeness (QED) is 0.732. The molecule has 0 fully saturated rings. The van der Waals surface area contributed by atoms with Crippen LogP contribution in [0, 0.1) is 0 Å². The number of hydrogen-bond acceptors (Lipinski definition) is 2. The largest absolute Gasteiger partial charge is 0.302 e. The highest BCUT2D eigenvalue weighted by Crippen LogP contribution is 2.23. The molecular formula is C13H12N2. The molecule has 1 aliphatic carbocycles. The minimum Gasteiger partial charge on any atom is -0.302 e. The van der Waals surface area contributed by atoms with Crippen LogP contribution in [0.1, 0.15) is 12.0 Å². The maximum atomic E-state index is 4.41. The number of nitrogens with zero attached hydrogens (tertiary/aromatic N) is 1. The number of allylic oxidation sites excluding steroid dienone is 2. The predicted octanol–water partition coefficient (Wildman–Crippen LogP) is 2.25. The van der Waals surface area contributed by atoms with E-state index < -0.39 is 0 Å². The molecule has 1 heterocycles. The summed E-state index contributed by atoms with van der Waals surface area (Å²) < 4.78 is 0. The summed E-state index contributed by atoms with van der Waals surface area (Å²) in [5, 5.41) is 4.41. The van der Waals surface area contributed by atoms with Gasteiger partial charge in [-0.2, -0.15) is 5.10 Å². The Bertz CT molecular complexity index is 455. The summed E-state index contributed by atoms with van der Waals surface area (Å²) in [4.78, 5) is 0. The van der Waals surface area contributed by atoms with Gasteiger partial charge in [0.25, 0.3) is 0 Å². The Hall–Kier alpha value is -1.83. The van der Waals surface area contributed by atoms with Gasteiger partial charge in [0.1, 0.15) is 0 Å². The van der Waals surface area contributed by atoms with Gasteiger partial charge in [0.15, 0.2) is 0 Å². The second-order valence-corrected chi connectivity index (χ2v) is 3.79. The van der Waals surface area contributed by atoms with Crippen molar-refractivity contribution in [3.05, 3.63) is 59.7 Å². The van der Waals surface area contributed by atoms with E-state index in [1.165, 1.54) is 11.1 Å². The molecule has 1 aromatic carbocycles. The SMILES string of the molecule is C1=CCC2NN=C(c3ccccc3)C2=C1. The molecule has 1 aliphatic heterocycles. The van der Waals surface area contributed by atoms with Gasteiger partial charge in [-0.15, -0.1) is 0 Å². The second-order valence-electron chi connectivity index (χ2n) is 3.79. The smallest absolute Gasteiger partial charge is 0.0955 e. The zero-order valence-electron chi connectivity index (χ0n) is 8.35. The van der Waals surface area contributed by atoms with Crippen molar-refractivity contribution in [1.29, 1.82) is 0 Å². The van der Waals surface area contributed by atoms with Gasteiger partial charge < -0.3 is 5.43 Å². The zero-order valence-corrected chi connectivity index (χ0v) is 8.35. The van der Waals surface area contributed by atoms with E-state index in [9.17, 15) is 0 Å². The molecule has 2 nitrogen and oxygen atoms in total. The predicted molar refractivity (Wildman–Crippen MR) is 61.7 cm³/mol. The van der Waals surface area contributed by atoms with E-state index in [2.05, 4.69) is 40.9 Å². The Balaban J connectivity index is 2.01. The first-order valence-electron chi connectivity index (χ1n) is 5.21. The number of nitrogens with one attached hydrogen (secondary N) is 1. The fraction of sp³-hybridized carbons (Fsp3) is 0.154. The zero-order chi connectivity index (χ0) is 10.1. The molecule has 0 saturated heterocycles. The highest BCUT2D eigenvalue weighted by Gasteiger charge is 2.25. The Labute approximate surface area is 89.0 Å². The molecule has 2 aliphatic rings. The van der Waals surface area contributed by atoms with Crippen LogP contribution < -0.4 is 5.43 Å². The lowest BCUT2D eigenvalue weighted by Gasteiger charge is -2.13. The van der Waals surface area contributed by atoms with Crippen molar-refractivity contribution in [2.24, 2.45) is 5.10 Å². The molecule has 1 atom stereocenters.